The van der Waals surface area contributed by atoms with E-state index in [1.165, 1.54) is 4.31 Å². The van der Waals surface area contributed by atoms with Crippen molar-refractivity contribution in [1.82, 2.24) is 9.62 Å². The molecule has 0 aliphatic carbocycles. The first-order chi connectivity index (χ1) is 8.32. The Labute approximate surface area is 108 Å². The lowest BCUT2D eigenvalue weighted by atomic mass is 10.2. The van der Waals surface area contributed by atoms with E-state index in [0.717, 1.165) is 12.7 Å². The molecular weight excluding hydrogens is 256 g/mol. The zero-order valence-corrected chi connectivity index (χ0v) is 11.7. The summed E-state index contributed by atoms with van der Waals surface area (Å²) in [6, 6.07) is -0.563. The molecule has 1 heterocycles. The van der Waals surface area contributed by atoms with Crippen LogP contribution in [0.25, 0.3) is 0 Å². The first kappa shape index (κ1) is 15.4. The number of sulfonamides is 1. The third-order valence-electron chi connectivity index (χ3n) is 3.03. The number of aliphatic hydroxyl groups excluding tert-OH is 1. The van der Waals surface area contributed by atoms with Crippen LogP contribution < -0.4 is 5.32 Å². The van der Waals surface area contributed by atoms with E-state index in [9.17, 15) is 13.2 Å². The van der Waals surface area contributed by atoms with Gasteiger partial charge in [0.15, 0.2) is 0 Å². The molecule has 0 aromatic heterocycles. The number of carbonyl (C=O) groups excluding carboxylic acids is 1. The van der Waals surface area contributed by atoms with Crippen LogP contribution in [0, 0.1) is 0 Å². The van der Waals surface area contributed by atoms with E-state index in [2.05, 4.69) is 5.32 Å². The lowest BCUT2D eigenvalue weighted by molar-refractivity contribution is -0.124. The molecule has 6 nitrogen and oxygen atoms in total. The quantitative estimate of drug-likeness (QED) is 0.652. The zero-order chi connectivity index (χ0) is 13.8. The van der Waals surface area contributed by atoms with Crippen molar-refractivity contribution in [3.05, 3.63) is 0 Å². The van der Waals surface area contributed by atoms with Crippen molar-refractivity contribution in [3.8, 4) is 0 Å². The summed E-state index contributed by atoms with van der Waals surface area (Å²) in [6.45, 7) is 2.59. The van der Waals surface area contributed by atoms with E-state index in [0.29, 0.717) is 32.4 Å². The minimum atomic E-state index is -3.31. The van der Waals surface area contributed by atoms with Gasteiger partial charge in [-0.25, -0.2) is 8.42 Å². The molecule has 0 aromatic carbocycles. The van der Waals surface area contributed by atoms with Crippen molar-refractivity contribution in [2.45, 2.75) is 44.8 Å². The number of amides is 1. The van der Waals surface area contributed by atoms with E-state index in [1.54, 1.807) is 6.92 Å². The normalized spacial score (nSPS) is 22.9. The van der Waals surface area contributed by atoms with Crippen molar-refractivity contribution in [1.29, 1.82) is 0 Å². The van der Waals surface area contributed by atoms with E-state index in [4.69, 9.17) is 5.11 Å². The fourth-order valence-corrected chi connectivity index (χ4v) is 3.25. The van der Waals surface area contributed by atoms with Gasteiger partial charge in [-0.2, -0.15) is 4.31 Å². The minimum absolute atomic E-state index is 0.233. The summed E-state index contributed by atoms with van der Waals surface area (Å²) >= 11 is 0. The molecule has 106 valence electrons. The van der Waals surface area contributed by atoms with Crippen molar-refractivity contribution < 1.29 is 18.3 Å². The van der Waals surface area contributed by atoms with Gasteiger partial charge < -0.3 is 10.4 Å². The maximum absolute atomic E-state index is 11.9. The van der Waals surface area contributed by atoms with Gasteiger partial charge in [0, 0.05) is 13.1 Å². The highest BCUT2D eigenvalue weighted by atomic mass is 32.2. The van der Waals surface area contributed by atoms with Crippen LogP contribution in [0.1, 0.15) is 32.6 Å². The second-order valence-corrected chi connectivity index (χ2v) is 6.75. The highest BCUT2D eigenvalue weighted by molar-refractivity contribution is 7.88. The van der Waals surface area contributed by atoms with E-state index in [-0.39, 0.29) is 12.0 Å². The largest absolute Gasteiger partial charge is 0.393 e. The molecule has 2 unspecified atom stereocenters. The van der Waals surface area contributed by atoms with Gasteiger partial charge >= 0.3 is 0 Å². The first-order valence-corrected chi connectivity index (χ1v) is 8.10. The summed E-state index contributed by atoms with van der Waals surface area (Å²) in [4.78, 5) is 11.9. The molecule has 2 atom stereocenters. The summed E-state index contributed by atoms with van der Waals surface area (Å²) in [5.41, 5.74) is 0. The average Bonchev–Trinajstić information content (AvgIpc) is 2.72. The third-order valence-corrected chi connectivity index (χ3v) is 4.32. The fraction of sp³-hybridized carbons (Fsp3) is 0.909. The van der Waals surface area contributed by atoms with E-state index < -0.39 is 16.1 Å². The summed E-state index contributed by atoms with van der Waals surface area (Å²) in [6.07, 6.45) is 3.37. The Hall–Kier alpha value is -0.660. The van der Waals surface area contributed by atoms with E-state index in [1.807, 2.05) is 0 Å². The summed E-state index contributed by atoms with van der Waals surface area (Å²) in [7, 11) is -3.31. The predicted molar refractivity (Wildman–Crippen MR) is 68.5 cm³/mol. The lowest BCUT2D eigenvalue weighted by Crippen LogP contribution is -2.45. The maximum Gasteiger partial charge on any atom is 0.238 e. The molecule has 1 aliphatic heterocycles. The molecule has 0 spiro atoms. The Morgan fingerprint density at radius 2 is 2.22 bits per heavy atom. The van der Waals surface area contributed by atoms with Gasteiger partial charge in [0.1, 0.15) is 6.04 Å². The van der Waals surface area contributed by atoms with Crippen LogP contribution in [0.5, 0.6) is 0 Å². The summed E-state index contributed by atoms with van der Waals surface area (Å²) in [5.74, 6) is -0.233. The second kappa shape index (κ2) is 6.49. The molecule has 0 saturated carbocycles. The number of rotatable bonds is 6. The topological polar surface area (TPSA) is 86.7 Å². The Bertz CT molecular complexity index is 381. The van der Waals surface area contributed by atoms with Crippen LogP contribution >= 0.6 is 0 Å². The van der Waals surface area contributed by atoms with Crippen molar-refractivity contribution in [2.24, 2.45) is 0 Å². The molecule has 0 radical (unpaired) electrons. The number of aliphatic hydroxyl groups is 1. The van der Waals surface area contributed by atoms with Gasteiger partial charge in [0.25, 0.3) is 0 Å². The van der Waals surface area contributed by atoms with Gasteiger partial charge in [-0.3, -0.25) is 4.79 Å². The van der Waals surface area contributed by atoms with Gasteiger partial charge in [-0.05, 0) is 32.6 Å². The van der Waals surface area contributed by atoms with Crippen LogP contribution in [-0.2, 0) is 14.8 Å². The molecule has 1 rings (SSSR count). The molecular formula is C11H22N2O4S. The number of nitrogens with zero attached hydrogens (tertiary/aromatic N) is 1. The molecule has 7 heteroatoms. The smallest absolute Gasteiger partial charge is 0.238 e. The van der Waals surface area contributed by atoms with Crippen molar-refractivity contribution in [2.75, 3.05) is 19.3 Å². The summed E-state index contributed by atoms with van der Waals surface area (Å²) < 4.78 is 24.2. The lowest BCUT2D eigenvalue weighted by Gasteiger charge is -2.21. The average molecular weight is 278 g/mol. The number of hydrogen-bond acceptors (Lipinski definition) is 4. The van der Waals surface area contributed by atoms with Crippen molar-refractivity contribution in [3.63, 3.8) is 0 Å². The monoisotopic (exact) mass is 278 g/mol. The third kappa shape index (κ3) is 4.55. The molecule has 1 aliphatic rings. The summed E-state index contributed by atoms with van der Waals surface area (Å²) in [5, 5.41) is 11.8. The molecule has 0 aromatic rings. The Balaban J connectivity index is 2.41. The SMILES string of the molecule is CC(O)CCCNC(=O)C1CCCN1S(C)(=O)=O. The maximum atomic E-state index is 11.9. The fourth-order valence-electron chi connectivity index (χ4n) is 2.13. The van der Waals surface area contributed by atoms with Gasteiger partial charge in [0.2, 0.25) is 15.9 Å². The van der Waals surface area contributed by atoms with Gasteiger partial charge in [0.05, 0.1) is 12.4 Å². The van der Waals surface area contributed by atoms with Crippen LogP contribution in [0.4, 0.5) is 0 Å². The standard InChI is InChI=1S/C11H22N2O4S/c1-9(14)5-3-7-12-11(15)10-6-4-8-13(10)18(2,16)17/h9-10,14H,3-8H2,1-2H3,(H,12,15). The van der Waals surface area contributed by atoms with Gasteiger partial charge in [-0.1, -0.05) is 0 Å². The molecule has 2 N–H and O–H groups in total. The van der Waals surface area contributed by atoms with E-state index >= 15 is 0 Å². The van der Waals surface area contributed by atoms with Crippen LogP contribution in [0.3, 0.4) is 0 Å². The minimum Gasteiger partial charge on any atom is -0.393 e. The highest BCUT2D eigenvalue weighted by Gasteiger charge is 2.36. The molecule has 1 fully saturated rings. The predicted octanol–water partition coefficient (Wildman–Crippen LogP) is -0.312. The van der Waals surface area contributed by atoms with Crippen molar-refractivity contribution >= 4 is 15.9 Å². The first-order valence-electron chi connectivity index (χ1n) is 6.25. The molecule has 0 bridgehead atoms. The van der Waals surface area contributed by atoms with Crippen LogP contribution in [0.15, 0.2) is 0 Å². The zero-order valence-electron chi connectivity index (χ0n) is 10.9. The number of hydrogen-bond donors (Lipinski definition) is 2. The molecule has 1 saturated heterocycles. The number of carbonyl (C=O) groups is 1. The number of nitrogens with one attached hydrogen (secondary N) is 1. The Morgan fingerprint density at radius 1 is 1.56 bits per heavy atom. The van der Waals surface area contributed by atoms with Crippen LogP contribution in [0.2, 0.25) is 0 Å². The Kier molecular flexibility index (Phi) is 5.55. The van der Waals surface area contributed by atoms with Crippen LogP contribution in [-0.4, -0.2) is 55.2 Å². The Morgan fingerprint density at radius 3 is 2.78 bits per heavy atom. The van der Waals surface area contributed by atoms with Gasteiger partial charge in [-0.15, -0.1) is 0 Å². The highest BCUT2D eigenvalue weighted by Crippen LogP contribution is 2.20. The molecule has 18 heavy (non-hydrogen) atoms. The molecule has 1 amide bonds. The second-order valence-electron chi connectivity index (χ2n) is 4.81.